The Hall–Kier alpha value is -2.69. The SMILES string of the molecule is CC(C)(C)C(=O)OC(C(=O)Oc1ccccc1)c1ccccn1. The van der Waals surface area contributed by atoms with Gasteiger partial charge in [0.15, 0.2) is 0 Å². The van der Waals surface area contributed by atoms with Gasteiger partial charge in [0.1, 0.15) is 5.75 Å². The van der Waals surface area contributed by atoms with Gasteiger partial charge in [-0.25, -0.2) is 4.79 Å². The zero-order valence-corrected chi connectivity index (χ0v) is 13.4. The van der Waals surface area contributed by atoms with Crippen LogP contribution >= 0.6 is 0 Å². The Balaban J connectivity index is 2.23. The molecule has 0 N–H and O–H groups in total. The van der Waals surface area contributed by atoms with Crippen LogP contribution in [-0.4, -0.2) is 16.9 Å². The number of hydrogen-bond donors (Lipinski definition) is 0. The molecule has 1 unspecified atom stereocenters. The van der Waals surface area contributed by atoms with Gasteiger partial charge in [0.05, 0.1) is 11.1 Å². The van der Waals surface area contributed by atoms with E-state index in [4.69, 9.17) is 9.47 Å². The summed E-state index contributed by atoms with van der Waals surface area (Å²) in [5.41, 5.74) is -0.411. The Morgan fingerprint density at radius 1 is 1.00 bits per heavy atom. The number of benzene rings is 1. The number of carbonyl (C=O) groups is 2. The highest BCUT2D eigenvalue weighted by atomic mass is 16.6. The number of carbonyl (C=O) groups excluding carboxylic acids is 2. The minimum Gasteiger partial charge on any atom is -0.443 e. The van der Waals surface area contributed by atoms with Crippen LogP contribution in [0.1, 0.15) is 32.6 Å². The number of para-hydroxylation sites is 1. The van der Waals surface area contributed by atoms with Gasteiger partial charge in [0.2, 0.25) is 6.10 Å². The first kappa shape index (κ1) is 16.7. The molecule has 0 amide bonds. The molecule has 0 aliphatic heterocycles. The maximum atomic E-state index is 12.4. The summed E-state index contributed by atoms with van der Waals surface area (Å²) in [7, 11) is 0. The van der Waals surface area contributed by atoms with E-state index in [1.807, 2.05) is 6.07 Å². The first-order valence-electron chi connectivity index (χ1n) is 7.26. The third kappa shape index (κ3) is 4.64. The fourth-order valence-corrected chi connectivity index (χ4v) is 1.70. The van der Waals surface area contributed by atoms with E-state index in [-0.39, 0.29) is 0 Å². The zero-order chi connectivity index (χ0) is 16.9. The predicted molar refractivity (Wildman–Crippen MR) is 84.6 cm³/mol. The summed E-state index contributed by atoms with van der Waals surface area (Å²) >= 11 is 0. The fourth-order valence-electron chi connectivity index (χ4n) is 1.70. The minimum absolute atomic E-state index is 0.325. The summed E-state index contributed by atoms with van der Waals surface area (Å²) in [5.74, 6) is -0.809. The minimum atomic E-state index is -1.21. The molecule has 0 aliphatic carbocycles. The van der Waals surface area contributed by atoms with E-state index < -0.39 is 23.5 Å². The first-order chi connectivity index (χ1) is 10.9. The average Bonchev–Trinajstić information content (AvgIpc) is 2.53. The summed E-state index contributed by atoms with van der Waals surface area (Å²) in [5, 5.41) is 0. The fraction of sp³-hybridized carbons (Fsp3) is 0.278. The van der Waals surface area contributed by atoms with Crippen molar-refractivity contribution in [1.29, 1.82) is 0 Å². The molecule has 23 heavy (non-hydrogen) atoms. The van der Waals surface area contributed by atoms with Crippen LogP contribution in [0.3, 0.4) is 0 Å². The molecule has 1 aromatic heterocycles. The molecular weight excluding hydrogens is 294 g/mol. The lowest BCUT2D eigenvalue weighted by Gasteiger charge is -2.21. The number of ether oxygens (including phenoxy) is 2. The van der Waals surface area contributed by atoms with Gasteiger partial charge in [-0.15, -0.1) is 0 Å². The van der Waals surface area contributed by atoms with Crippen LogP contribution in [-0.2, 0) is 14.3 Å². The number of nitrogens with zero attached hydrogens (tertiary/aromatic N) is 1. The van der Waals surface area contributed by atoms with Gasteiger partial charge in [0, 0.05) is 6.20 Å². The molecule has 2 aromatic rings. The van der Waals surface area contributed by atoms with E-state index in [1.165, 1.54) is 6.20 Å². The second-order valence-corrected chi connectivity index (χ2v) is 6.02. The molecule has 120 valence electrons. The van der Waals surface area contributed by atoms with Crippen LogP contribution in [0.4, 0.5) is 0 Å². The average molecular weight is 313 g/mol. The third-order valence-corrected chi connectivity index (χ3v) is 2.97. The van der Waals surface area contributed by atoms with Crippen molar-refractivity contribution in [2.75, 3.05) is 0 Å². The van der Waals surface area contributed by atoms with E-state index in [1.54, 1.807) is 63.2 Å². The summed E-state index contributed by atoms with van der Waals surface area (Å²) in [6.45, 7) is 5.15. The topological polar surface area (TPSA) is 65.5 Å². The summed E-state index contributed by atoms with van der Waals surface area (Å²) in [4.78, 5) is 28.7. The second kappa shape index (κ2) is 7.05. The van der Waals surface area contributed by atoms with Crippen LogP contribution in [0.5, 0.6) is 5.75 Å². The molecule has 1 heterocycles. The first-order valence-corrected chi connectivity index (χ1v) is 7.26. The number of hydrogen-bond acceptors (Lipinski definition) is 5. The van der Waals surface area contributed by atoms with E-state index in [9.17, 15) is 9.59 Å². The van der Waals surface area contributed by atoms with Crippen molar-refractivity contribution < 1.29 is 19.1 Å². The Labute approximate surface area is 135 Å². The Morgan fingerprint density at radius 3 is 2.22 bits per heavy atom. The Morgan fingerprint density at radius 2 is 1.65 bits per heavy atom. The van der Waals surface area contributed by atoms with Crippen molar-refractivity contribution in [3.63, 3.8) is 0 Å². The second-order valence-electron chi connectivity index (χ2n) is 6.02. The number of aromatic nitrogens is 1. The summed E-state index contributed by atoms with van der Waals surface area (Å²) in [6.07, 6.45) is 0.325. The highest BCUT2D eigenvalue weighted by Gasteiger charge is 2.33. The maximum absolute atomic E-state index is 12.4. The molecule has 0 bridgehead atoms. The largest absolute Gasteiger partial charge is 0.443 e. The van der Waals surface area contributed by atoms with Gasteiger partial charge in [-0.05, 0) is 45.0 Å². The van der Waals surface area contributed by atoms with Gasteiger partial charge >= 0.3 is 11.9 Å². The van der Waals surface area contributed by atoms with Gasteiger partial charge in [-0.3, -0.25) is 9.78 Å². The lowest BCUT2D eigenvalue weighted by Crippen LogP contribution is -2.30. The standard InChI is InChI=1S/C18H19NO4/c1-18(2,3)17(21)23-15(14-11-7-8-12-19-14)16(20)22-13-9-5-4-6-10-13/h4-12,15H,1-3H3. The molecule has 1 aromatic carbocycles. The molecule has 5 nitrogen and oxygen atoms in total. The van der Waals surface area contributed by atoms with Gasteiger partial charge in [-0.1, -0.05) is 24.3 Å². The molecule has 1 atom stereocenters. The van der Waals surface area contributed by atoms with Crippen LogP contribution in [0.2, 0.25) is 0 Å². The third-order valence-electron chi connectivity index (χ3n) is 2.97. The maximum Gasteiger partial charge on any atom is 0.359 e. The van der Waals surface area contributed by atoms with Gasteiger partial charge in [0.25, 0.3) is 0 Å². The van der Waals surface area contributed by atoms with E-state index in [2.05, 4.69) is 4.98 Å². The number of pyridine rings is 1. The molecule has 0 spiro atoms. The molecule has 0 radical (unpaired) electrons. The molecule has 0 aliphatic rings. The van der Waals surface area contributed by atoms with E-state index in [0.717, 1.165) is 0 Å². The predicted octanol–water partition coefficient (Wildman–Crippen LogP) is 3.32. The Kier molecular flexibility index (Phi) is 5.11. The highest BCUT2D eigenvalue weighted by Crippen LogP contribution is 2.24. The smallest absolute Gasteiger partial charge is 0.359 e. The van der Waals surface area contributed by atoms with Crippen LogP contribution in [0.15, 0.2) is 54.7 Å². The monoisotopic (exact) mass is 313 g/mol. The van der Waals surface area contributed by atoms with Crippen LogP contribution < -0.4 is 4.74 Å². The van der Waals surface area contributed by atoms with Crippen molar-refractivity contribution in [1.82, 2.24) is 4.98 Å². The van der Waals surface area contributed by atoms with Crippen LogP contribution in [0, 0.1) is 5.41 Å². The summed E-state index contributed by atoms with van der Waals surface area (Å²) in [6, 6.07) is 13.7. The lowest BCUT2D eigenvalue weighted by molar-refractivity contribution is -0.169. The van der Waals surface area contributed by atoms with E-state index in [0.29, 0.717) is 11.4 Å². The van der Waals surface area contributed by atoms with Gasteiger partial charge < -0.3 is 9.47 Å². The quantitative estimate of drug-likeness (QED) is 0.640. The van der Waals surface area contributed by atoms with Crippen molar-refractivity contribution in [2.24, 2.45) is 5.41 Å². The van der Waals surface area contributed by atoms with Crippen molar-refractivity contribution in [3.05, 3.63) is 60.4 Å². The Bertz CT molecular complexity index is 662. The number of rotatable bonds is 4. The molecule has 0 fully saturated rings. The molecule has 0 saturated heterocycles. The molecule has 5 heteroatoms. The van der Waals surface area contributed by atoms with E-state index >= 15 is 0 Å². The van der Waals surface area contributed by atoms with Crippen LogP contribution in [0.25, 0.3) is 0 Å². The molecule has 2 rings (SSSR count). The normalized spacial score (nSPS) is 12.3. The van der Waals surface area contributed by atoms with Crippen molar-refractivity contribution >= 4 is 11.9 Å². The van der Waals surface area contributed by atoms with Crippen molar-refractivity contribution in [3.8, 4) is 5.75 Å². The van der Waals surface area contributed by atoms with Crippen molar-refractivity contribution in [2.45, 2.75) is 26.9 Å². The number of esters is 2. The highest BCUT2D eigenvalue weighted by molar-refractivity contribution is 5.83. The molecule has 0 saturated carbocycles. The molecular formula is C18H19NO4. The van der Waals surface area contributed by atoms with Gasteiger partial charge in [-0.2, -0.15) is 0 Å². The summed E-state index contributed by atoms with van der Waals surface area (Å²) < 4.78 is 10.6. The lowest BCUT2D eigenvalue weighted by atomic mass is 9.97. The zero-order valence-electron chi connectivity index (χ0n) is 13.4.